The highest BCUT2D eigenvalue weighted by molar-refractivity contribution is 7.88. The van der Waals surface area contributed by atoms with Crippen LogP contribution in [0.2, 0.25) is 0 Å². The molecule has 19 heavy (non-hydrogen) atoms. The lowest BCUT2D eigenvalue weighted by molar-refractivity contribution is -0.0359. The Labute approximate surface area is 118 Å². The van der Waals surface area contributed by atoms with Gasteiger partial charge >= 0.3 is 0 Å². The van der Waals surface area contributed by atoms with Gasteiger partial charge in [-0.2, -0.15) is 0 Å². The molecule has 1 saturated heterocycles. The van der Waals surface area contributed by atoms with Crippen molar-refractivity contribution in [3.8, 4) is 0 Å². The second-order valence-corrected chi connectivity index (χ2v) is 8.67. The van der Waals surface area contributed by atoms with Crippen LogP contribution in [0, 0.1) is 0 Å². The van der Waals surface area contributed by atoms with Gasteiger partial charge in [-0.05, 0) is 32.1 Å². The van der Waals surface area contributed by atoms with E-state index in [1.54, 1.807) is 0 Å². The van der Waals surface area contributed by atoms with E-state index in [0.29, 0.717) is 0 Å². The van der Waals surface area contributed by atoms with Crippen LogP contribution in [0.4, 0.5) is 0 Å². The Hall–Kier alpha value is 0.0700. The van der Waals surface area contributed by atoms with Gasteiger partial charge in [-0.15, -0.1) is 0 Å². The summed E-state index contributed by atoms with van der Waals surface area (Å²) in [6.45, 7) is 0. The molecule has 3 fully saturated rings. The fraction of sp³-hybridized carbons (Fsp3) is 1.00. The van der Waals surface area contributed by atoms with Crippen molar-refractivity contribution < 1.29 is 14.4 Å². The lowest BCUT2D eigenvalue weighted by Crippen LogP contribution is -2.63. The third-order valence-corrected chi connectivity index (χ3v) is 8.01. The van der Waals surface area contributed by atoms with E-state index in [-0.39, 0.29) is 10.5 Å². The van der Waals surface area contributed by atoms with Crippen LogP contribution in [-0.2, 0) is 10.8 Å². The molecule has 3 nitrogen and oxygen atoms in total. The van der Waals surface area contributed by atoms with Crippen molar-refractivity contribution in [1.29, 1.82) is 0 Å². The molecule has 0 aromatic carbocycles. The fourth-order valence-electron chi connectivity index (χ4n) is 4.30. The molecule has 110 valence electrons. The summed E-state index contributed by atoms with van der Waals surface area (Å²) in [7, 11) is -1.04. The molecular formula is C15H26O3S. The van der Waals surface area contributed by atoms with Crippen molar-refractivity contribution in [2.75, 3.05) is 0 Å². The van der Waals surface area contributed by atoms with Crippen molar-refractivity contribution in [2.24, 2.45) is 0 Å². The second-order valence-electron chi connectivity index (χ2n) is 6.87. The summed E-state index contributed by atoms with van der Waals surface area (Å²) < 4.78 is 12.6. The van der Waals surface area contributed by atoms with Crippen LogP contribution in [0.3, 0.4) is 0 Å². The maximum Gasteiger partial charge on any atom is 0.0791 e. The Balaban J connectivity index is 1.66. The van der Waals surface area contributed by atoms with E-state index in [9.17, 15) is 14.4 Å². The van der Waals surface area contributed by atoms with E-state index in [0.717, 1.165) is 57.8 Å². The van der Waals surface area contributed by atoms with Gasteiger partial charge in [-0.1, -0.05) is 38.5 Å². The highest BCUT2D eigenvalue weighted by atomic mass is 32.2. The van der Waals surface area contributed by atoms with Crippen molar-refractivity contribution >= 4 is 10.8 Å². The third-order valence-electron chi connectivity index (χ3n) is 5.63. The van der Waals surface area contributed by atoms with Gasteiger partial charge in [0.15, 0.2) is 0 Å². The largest absolute Gasteiger partial charge is 0.389 e. The molecule has 0 spiro atoms. The molecule has 0 aromatic rings. The van der Waals surface area contributed by atoms with E-state index in [1.165, 1.54) is 12.8 Å². The Morgan fingerprint density at radius 1 is 0.737 bits per heavy atom. The molecule has 0 amide bonds. The minimum atomic E-state index is -1.04. The van der Waals surface area contributed by atoms with E-state index in [4.69, 9.17) is 0 Å². The van der Waals surface area contributed by atoms with Crippen LogP contribution in [0.5, 0.6) is 0 Å². The van der Waals surface area contributed by atoms with E-state index in [1.807, 2.05) is 0 Å². The average molecular weight is 286 g/mol. The van der Waals surface area contributed by atoms with Crippen molar-refractivity contribution in [2.45, 2.75) is 92.3 Å². The predicted molar refractivity (Wildman–Crippen MR) is 76.4 cm³/mol. The molecular weight excluding hydrogens is 260 g/mol. The first kappa shape index (κ1) is 14.0. The minimum absolute atomic E-state index is 0.0799. The van der Waals surface area contributed by atoms with E-state index >= 15 is 0 Å². The van der Waals surface area contributed by atoms with Crippen LogP contribution in [0.15, 0.2) is 0 Å². The third kappa shape index (κ3) is 2.40. The normalized spacial score (nSPS) is 38.6. The smallest absolute Gasteiger partial charge is 0.0791 e. The lowest BCUT2D eigenvalue weighted by atomic mass is 9.76. The highest BCUT2D eigenvalue weighted by Gasteiger charge is 2.57. The van der Waals surface area contributed by atoms with Crippen LogP contribution < -0.4 is 0 Å². The van der Waals surface area contributed by atoms with Crippen LogP contribution in [-0.4, -0.2) is 36.1 Å². The average Bonchev–Trinajstić information content (AvgIpc) is 2.38. The molecule has 2 saturated carbocycles. The number of aliphatic hydroxyl groups is 2. The minimum Gasteiger partial charge on any atom is -0.389 e. The summed E-state index contributed by atoms with van der Waals surface area (Å²) in [6.07, 6.45) is 10.6. The van der Waals surface area contributed by atoms with Gasteiger partial charge in [0.2, 0.25) is 0 Å². The summed E-state index contributed by atoms with van der Waals surface area (Å²) >= 11 is 0. The molecule has 4 heteroatoms. The highest BCUT2D eigenvalue weighted by Crippen LogP contribution is 2.47. The Bertz CT molecular complexity index is 324. The monoisotopic (exact) mass is 286 g/mol. The van der Waals surface area contributed by atoms with Gasteiger partial charge in [0.05, 0.1) is 21.7 Å². The maximum atomic E-state index is 12.6. The fourth-order valence-corrected chi connectivity index (χ4v) is 6.44. The Kier molecular flexibility index (Phi) is 3.78. The Morgan fingerprint density at radius 3 is 1.42 bits per heavy atom. The molecule has 0 radical (unpaired) electrons. The van der Waals surface area contributed by atoms with Gasteiger partial charge in [-0.3, -0.25) is 4.21 Å². The van der Waals surface area contributed by atoms with Gasteiger partial charge in [0.1, 0.15) is 0 Å². The first-order chi connectivity index (χ1) is 9.05. The molecule has 0 aromatic heterocycles. The molecule has 3 rings (SSSR count). The molecule has 3 aliphatic rings. The molecule has 2 atom stereocenters. The first-order valence-electron chi connectivity index (χ1n) is 7.89. The zero-order valence-electron chi connectivity index (χ0n) is 11.6. The molecule has 0 bridgehead atoms. The second kappa shape index (κ2) is 5.12. The SMILES string of the molecule is O=S1[C@@H](C2(O)CCCCC2)C[C@@H]1C1(O)CCCCC1. The van der Waals surface area contributed by atoms with E-state index in [2.05, 4.69) is 0 Å². The molecule has 0 unspecified atom stereocenters. The molecule has 2 aliphatic carbocycles. The molecule has 1 heterocycles. The van der Waals surface area contributed by atoms with Crippen LogP contribution in [0.25, 0.3) is 0 Å². The quantitative estimate of drug-likeness (QED) is 0.818. The van der Waals surface area contributed by atoms with Crippen LogP contribution >= 0.6 is 0 Å². The summed E-state index contributed by atoms with van der Waals surface area (Å²) in [6, 6.07) is 0. The van der Waals surface area contributed by atoms with Crippen molar-refractivity contribution in [1.82, 2.24) is 0 Å². The summed E-state index contributed by atoms with van der Waals surface area (Å²) in [5, 5.41) is 21.2. The number of hydrogen-bond donors (Lipinski definition) is 2. The zero-order chi connectivity index (χ0) is 13.5. The number of rotatable bonds is 2. The summed E-state index contributed by atoms with van der Waals surface area (Å²) in [4.78, 5) is 0. The zero-order valence-corrected chi connectivity index (χ0v) is 12.5. The van der Waals surface area contributed by atoms with Gasteiger partial charge in [0, 0.05) is 10.8 Å². The molecule has 2 N–H and O–H groups in total. The summed E-state index contributed by atoms with van der Waals surface area (Å²) in [5.74, 6) is 0. The van der Waals surface area contributed by atoms with Gasteiger partial charge in [0.25, 0.3) is 0 Å². The Morgan fingerprint density at radius 2 is 1.11 bits per heavy atom. The lowest BCUT2D eigenvalue weighted by Gasteiger charge is -2.52. The van der Waals surface area contributed by atoms with Crippen molar-refractivity contribution in [3.63, 3.8) is 0 Å². The van der Waals surface area contributed by atoms with Crippen LogP contribution in [0.1, 0.15) is 70.6 Å². The first-order valence-corrected chi connectivity index (χ1v) is 9.17. The number of hydrogen-bond acceptors (Lipinski definition) is 3. The standard InChI is InChI=1S/C15H26O3S/c16-14(7-3-1-4-8-14)12-11-13(19(12)18)15(17)9-5-2-6-10-15/h12-13,16-17H,1-11H2/t12-,13-/m1/s1. The maximum absolute atomic E-state index is 12.6. The van der Waals surface area contributed by atoms with Gasteiger partial charge < -0.3 is 10.2 Å². The topological polar surface area (TPSA) is 57.5 Å². The van der Waals surface area contributed by atoms with Gasteiger partial charge in [-0.25, -0.2) is 0 Å². The van der Waals surface area contributed by atoms with E-state index < -0.39 is 22.0 Å². The van der Waals surface area contributed by atoms with Crippen molar-refractivity contribution in [3.05, 3.63) is 0 Å². The summed E-state index contributed by atoms with van der Waals surface area (Å²) in [5.41, 5.74) is -1.41. The predicted octanol–water partition coefficient (Wildman–Crippen LogP) is 2.27. The molecule has 1 aliphatic heterocycles.